The molecule has 0 saturated carbocycles. The van der Waals surface area contributed by atoms with Crippen LogP contribution in [0.25, 0.3) is 0 Å². The Balaban J connectivity index is 2.59. The van der Waals surface area contributed by atoms with Crippen LogP contribution in [-0.2, 0) is 19.1 Å². The number of aromatic nitrogens is 1. The lowest BCUT2D eigenvalue weighted by atomic mass is 10.6. The van der Waals surface area contributed by atoms with Crippen LogP contribution in [0.1, 0.15) is 19.5 Å². The second-order valence-electron chi connectivity index (χ2n) is 3.42. The van der Waals surface area contributed by atoms with E-state index in [0.29, 0.717) is 21.8 Å². The fourth-order valence-electron chi connectivity index (χ4n) is 1.17. The average Bonchev–Trinajstić information content (AvgIpc) is 2.86. The summed E-state index contributed by atoms with van der Waals surface area (Å²) in [6, 6.07) is 1.98. The fraction of sp³-hybridized carbons (Fsp3) is 0.500. The average molecular weight is 346 g/mol. The second kappa shape index (κ2) is 9.65. The summed E-state index contributed by atoms with van der Waals surface area (Å²) in [6.07, 6.45) is 0. The van der Waals surface area contributed by atoms with Gasteiger partial charge in [-0.3, -0.25) is 9.59 Å². The molecule has 21 heavy (non-hydrogen) atoms. The Morgan fingerprint density at radius 3 is 2.29 bits per heavy atom. The largest absolute Gasteiger partial charge is 0.465 e. The number of nitrogens with zero attached hydrogens (tertiary/aromatic N) is 2. The Bertz CT molecular complexity index is 539. The van der Waals surface area contributed by atoms with Crippen LogP contribution in [0.15, 0.2) is 8.55 Å². The fourth-order valence-corrected chi connectivity index (χ4v) is 4.16. The Hall–Kier alpha value is -1.24. The van der Waals surface area contributed by atoms with Crippen LogP contribution in [-0.4, -0.2) is 41.6 Å². The minimum absolute atomic E-state index is 0.132. The number of carbonyl (C=O) groups is 2. The number of nitriles is 1. The molecular weight excluding hydrogens is 332 g/mol. The van der Waals surface area contributed by atoms with Gasteiger partial charge in [0.2, 0.25) is 0 Å². The molecule has 0 aliphatic carbocycles. The van der Waals surface area contributed by atoms with Crippen LogP contribution < -0.4 is 0 Å². The third-order valence-corrected chi connectivity index (χ3v) is 5.33. The molecule has 0 bridgehead atoms. The van der Waals surface area contributed by atoms with Crippen molar-refractivity contribution in [3.05, 3.63) is 5.69 Å². The van der Waals surface area contributed by atoms with E-state index in [1.807, 2.05) is 6.07 Å². The predicted molar refractivity (Wildman–Crippen MR) is 81.5 cm³/mol. The van der Waals surface area contributed by atoms with E-state index >= 15 is 0 Å². The van der Waals surface area contributed by atoms with Crippen LogP contribution in [0.5, 0.6) is 0 Å². The van der Waals surface area contributed by atoms with Crippen LogP contribution >= 0.6 is 34.9 Å². The molecule has 0 spiro atoms. The summed E-state index contributed by atoms with van der Waals surface area (Å²) in [4.78, 5) is 26.7. The maximum Gasteiger partial charge on any atom is 0.316 e. The lowest BCUT2D eigenvalue weighted by Gasteiger charge is -1.99. The van der Waals surface area contributed by atoms with Gasteiger partial charge in [-0.05, 0) is 13.8 Å². The number of esters is 2. The summed E-state index contributed by atoms with van der Waals surface area (Å²) in [7, 11) is 0. The van der Waals surface area contributed by atoms with Gasteiger partial charge in [-0.2, -0.15) is 5.26 Å². The van der Waals surface area contributed by atoms with Gasteiger partial charge in [0.25, 0.3) is 0 Å². The lowest BCUT2D eigenvalue weighted by Crippen LogP contribution is -2.06. The summed E-state index contributed by atoms with van der Waals surface area (Å²) in [5.41, 5.74) is 0.264. The summed E-state index contributed by atoms with van der Waals surface area (Å²) < 4.78 is 10.9. The van der Waals surface area contributed by atoms with Crippen molar-refractivity contribution in [1.29, 1.82) is 5.26 Å². The first-order valence-corrected chi connectivity index (χ1v) is 8.87. The summed E-state index contributed by atoms with van der Waals surface area (Å²) in [5.74, 6) is -0.376. The highest BCUT2D eigenvalue weighted by Gasteiger charge is 2.15. The summed E-state index contributed by atoms with van der Waals surface area (Å²) in [5, 5.41) is 9.03. The van der Waals surface area contributed by atoms with Crippen molar-refractivity contribution in [2.45, 2.75) is 22.4 Å². The molecule has 1 rings (SSSR count). The number of hydrogen-bond donors (Lipinski definition) is 0. The third-order valence-electron chi connectivity index (χ3n) is 1.93. The van der Waals surface area contributed by atoms with E-state index in [1.165, 1.54) is 34.9 Å². The zero-order valence-corrected chi connectivity index (χ0v) is 14.0. The van der Waals surface area contributed by atoms with Gasteiger partial charge in [-0.25, -0.2) is 4.98 Å². The maximum absolute atomic E-state index is 11.3. The van der Waals surface area contributed by atoms with Gasteiger partial charge in [0.15, 0.2) is 10.0 Å². The molecule has 1 aromatic rings. The third kappa shape index (κ3) is 6.37. The van der Waals surface area contributed by atoms with Crippen LogP contribution in [0.2, 0.25) is 0 Å². The predicted octanol–water partition coefficient (Wildman–Crippen LogP) is 2.33. The number of thioether (sulfide) groups is 2. The van der Waals surface area contributed by atoms with E-state index < -0.39 is 0 Å². The minimum Gasteiger partial charge on any atom is -0.465 e. The van der Waals surface area contributed by atoms with Crippen molar-refractivity contribution in [2.24, 2.45) is 0 Å². The summed E-state index contributed by atoms with van der Waals surface area (Å²) >= 11 is 3.71. The molecule has 0 unspecified atom stereocenters. The normalized spacial score (nSPS) is 9.95. The highest BCUT2D eigenvalue weighted by molar-refractivity contribution is 8.04. The van der Waals surface area contributed by atoms with E-state index in [0.717, 1.165) is 0 Å². The Kier molecular flexibility index (Phi) is 8.19. The summed E-state index contributed by atoms with van der Waals surface area (Å²) in [6.45, 7) is 4.14. The number of rotatable bonds is 8. The molecule has 0 aliphatic rings. The molecule has 1 heterocycles. The van der Waals surface area contributed by atoms with Gasteiger partial charge < -0.3 is 9.47 Å². The molecule has 1 aromatic heterocycles. The van der Waals surface area contributed by atoms with Gasteiger partial charge in [-0.1, -0.05) is 23.1 Å². The van der Waals surface area contributed by atoms with Crippen LogP contribution in [0.3, 0.4) is 0 Å². The van der Waals surface area contributed by atoms with E-state index in [1.54, 1.807) is 13.8 Å². The molecule has 0 N–H and O–H groups in total. The second-order valence-corrected chi connectivity index (χ2v) is 6.88. The number of hydrogen-bond acceptors (Lipinski definition) is 9. The lowest BCUT2D eigenvalue weighted by molar-refractivity contribution is -0.140. The zero-order valence-electron chi connectivity index (χ0n) is 11.6. The monoisotopic (exact) mass is 346 g/mol. The van der Waals surface area contributed by atoms with Gasteiger partial charge in [-0.15, -0.1) is 11.8 Å². The molecule has 0 fully saturated rings. The van der Waals surface area contributed by atoms with Crippen LogP contribution in [0.4, 0.5) is 0 Å². The molecule has 0 aromatic carbocycles. The molecule has 114 valence electrons. The molecule has 0 aliphatic heterocycles. The molecular formula is C12H14N2O4S3. The number of thiazole rings is 1. The van der Waals surface area contributed by atoms with Gasteiger partial charge in [0.05, 0.1) is 28.9 Å². The van der Waals surface area contributed by atoms with Gasteiger partial charge in [0, 0.05) is 0 Å². The Labute approximate surface area is 135 Å². The van der Waals surface area contributed by atoms with Crippen molar-refractivity contribution in [3.8, 4) is 6.07 Å². The van der Waals surface area contributed by atoms with Crippen molar-refractivity contribution >= 4 is 46.8 Å². The maximum atomic E-state index is 11.3. The van der Waals surface area contributed by atoms with Crippen molar-refractivity contribution in [2.75, 3.05) is 24.7 Å². The smallest absolute Gasteiger partial charge is 0.316 e. The highest BCUT2D eigenvalue weighted by atomic mass is 32.2. The quantitative estimate of drug-likeness (QED) is 0.523. The van der Waals surface area contributed by atoms with E-state index in [-0.39, 0.29) is 29.1 Å². The van der Waals surface area contributed by atoms with Crippen molar-refractivity contribution in [3.63, 3.8) is 0 Å². The van der Waals surface area contributed by atoms with E-state index in [9.17, 15) is 9.59 Å². The first-order valence-electron chi connectivity index (χ1n) is 6.08. The first kappa shape index (κ1) is 17.8. The molecule has 9 heteroatoms. The molecule has 0 atom stereocenters. The topological polar surface area (TPSA) is 89.3 Å². The standard InChI is InChI=1S/C12H14N2O4S3/c1-3-17-9(15)6-19-11-8(5-13)14-12(21-11)20-7-10(16)18-4-2/h3-4,6-7H2,1-2H3. The van der Waals surface area contributed by atoms with Gasteiger partial charge >= 0.3 is 11.9 Å². The minimum atomic E-state index is -0.333. The number of carbonyl (C=O) groups excluding carboxylic acids is 2. The van der Waals surface area contributed by atoms with Crippen molar-refractivity contribution in [1.82, 2.24) is 4.98 Å². The zero-order chi connectivity index (χ0) is 15.7. The van der Waals surface area contributed by atoms with Crippen LogP contribution in [0, 0.1) is 11.3 Å². The molecule has 0 radical (unpaired) electrons. The molecule has 0 amide bonds. The molecule has 0 saturated heterocycles. The first-order chi connectivity index (χ1) is 10.1. The van der Waals surface area contributed by atoms with Crippen molar-refractivity contribution < 1.29 is 19.1 Å². The Morgan fingerprint density at radius 1 is 1.19 bits per heavy atom. The van der Waals surface area contributed by atoms with E-state index in [4.69, 9.17) is 14.7 Å². The highest BCUT2D eigenvalue weighted by Crippen LogP contribution is 2.34. The Morgan fingerprint density at radius 2 is 1.76 bits per heavy atom. The SMILES string of the molecule is CCOC(=O)CSc1nc(C#N)c(SCC(=O)OCC)s1. The number of ether oxygens (including phenoxy) is 2. The van der Waals surface area contributed by atoms with E-state index in [2.05, 4.69) is 4.98 Å². The molecule has 6 nitrogen and oxygen atoms in total. The van der Waals surface area contributed by atoms with Gasteiger partial charge in [0.1, 0.15) is 6.07 Å².